The number of aryl methyl sites for hydroxylation is 1. The fraction of sp³-hybridized carbons (Fsp3) is 0.632. The Kier molecular flexibility index (Phi) is 7.48. The van der Waals surface area contributed by atoms with Gasteiger partial charge in [0.2, 0.25) is 0 Å². The van der Waals surface area contributed by atoms with Crippen LogP contribution in [0, 0.1) is 12.8 Å². The van der Waals surface area contributed by atoms with Crippen LogP contribution in [0.15, 0.2) is 17.8 Å². The summed E-state index contributed by atoms with van der Waals surface area (Å²) in [6.07, 6.45) is 0.595. The fourth-order valence-electron chi connectivity index (χ4n) is 3.23. The molecule has 7 nitrogen and oxygen atoms in total. The molecule has 0 spiro atoms. The zero-order valence-corrected chi connectivity index (χ0v) is 17.5. The monoisotopic (exact) mass is 446 g/mol. The van der Waals surface area contributed by atoms with Crippen LogP contribution in [-0.2, 0) is 22.6 Å². The van der Waals surface area contributed by atoms with E-state index in [1.165, 1.54) is 29.1 Å². The molecule has 2 aromatic rings. The molecule has 0 bridgehead atoms. The smallest absolute Gasteiger partial charge is 0.475 e. The summed E-state index contributed by atoms with van der Waals surface area (Å²) in [6.45, 7) is 6.89. The molecular weight excluding hydrogens is 421 g/mol. The number of nitrogens with zero attached hydrogens (tertiary/aromatic N) is 4. The predicted octanol–water partition coefficient (Wildman–Crippen LogP) is 3.65. The lowest BCUT2D eigenvalue weighted by Gasteiger charge is -2.33. The van der Waals surface area contributed by atoms with Gasteiger partial charge in [-0.05, 0) is 38.2 Å². The first-order chi connectivity index (χ1) is 14.2. The van der Waals surface area contributed by atoms with Gasteiger partial charge in [0.1, 0.15) is 0 Å². The van der Waals surface area contributed by atoms with Crippen LogP contribution in [0.1, 0.15) is 41.6 Å². The number of ether oxygens (including phenoxy) is 1. The lowest BCUT2D eigenvalue weighted by Crippen LogP contribution is -2.37. The molecule has 3 heterocycles. The number of carbonyl (C=O) groups is 1. The molecule has 1 fully saturated rings. The molecule has 1 unspecified atom stereocenters. The van der Waals surface area contributed by atoms with E-state index in [0.29, 0.717) is 6.04 Å². The number of alkyl halides is 3. The normalized spacial score (nSPS) is 19.1. The van der Waals surface area contributed by atoms with Gasteiger partial charge in [0.25, 0.3) is 0 Å². The molecule has 0 saturated heterocycles. The molecule has 1 aliphatic heterocycles. The minimum absolute atomic E-state index is 0.418. The highest BCUT2D eigenvalue weighted by molar-refractivity contribution is 7.09. The van der Waals surface area contributed by atoms with Gasteiger partial charge in [-0.2, -0.15) is 18.3 Å². The first-order valence-electron chi connectivity index (χ1n) is 9.75. The Morgan fingerprint density at radius 2 is 2.13 bits per heavy atom. The summed E-state index contributed by atoms with van der Waals surface area (Å²) in [5.41, 5.74) is 4.42. The second-order valence-electron chi connectivity index (χ2n) is 7.56. The summed E-state index contributed by atoms with van der Waals surface area (Å²) in [7, 11) is 0. The van der Waals surface area contributed by atoms with E-state index in [1.807, 2.05) is 11.7 Å². The van der Waals surface area contributed by atoms with Gasteiger partial charge in [-0.3, -0.25) is 9.58 Å². The van der Waals surface area contributed by atoms with E-state index in [1.54, 1.807) is 11.3 Å². The van der Waals surface area contributed by atoms with Crippen molar-refractivity contribution in [2.45, 2.75) is 51.5 Å². The summed E-state index contributed by atoms with van der Waals surface area (Å²) in [5.74, 6) is -1.92. The van der Waals surface area contributed by atoms with Crippen molar-refractivity contribution in [2.75, 3.05) is 19.8 Å². The minimum Gasteiger partial charge on any atom is -0.475 e. The Labute approximate surface area is 176 Å². The highest BCUT2D eigenvalue weighted by Gasteiger charge is 2.38. The van der Waals surface area contributed by atoms with Gasteiger partial charge in [0, 0.05) is 43.9 Å². The Bertz CT molecular complexity index is 835. The van der Waals surface area contributed by atoms with Crippen LogP contribution in [0.25, 0.3) is 0 Å². The van der Waals surface area contributed by atoms with Crippen LogP contribution in [0.2, 0.25) is 0 Å². The Hall–Kier alpha value is -1.98. The minimum atomic E-state index is -5.08. The molecule has 1 N–H and O–H groups in total. The number of hydrogen-bond acceptors (Lipinski definition) is 6. The van der Waals surface area contributed by atoms with Crippen molar-refractivity contribution in [3.05, 3.63) is 34.0 Å². The molecule has 11 heteroatoms. The zero-order chi connectivity index (χ0) is 21.7. The first-order valence-corrected chi connectivity index (χ1v) is 10.6. The van der Waals surface area contributed by atoms with Crippen molar-refractivity contribution in [3.63, 3.8) is 0 Å². The topological polar surface area (TPSA) is 80.5 Å². The summed E-state index contributed by atoms with van der Waals surface area (Å²) in [6, 6.07) is 2.56. The largest absolute Gasteiger partial charge is 0.490 e. The maximum absolute atomic E-state index is 10.6. The molecule has 1 atom stereocenters. The molecule has 0 aromatic carbocycles. The number of rotatable bonds is 7. The number of halogens is 3. The van der Waals surface area contributed by atoms with Crippen molar-refractivity contribution in [1.82, 2.24) is 19.7 Å². The summed E-state index contributed by atoms with van der Waals surface area (Å²) in [5, 5.41) is 11.7. The highest BCUT2D eigenvalue weighted by atomic mass is 32.1. The van der Waals surface area contributed by atoms with Crippen LogP contribution >= 0.6 is 11.3 Å². The zero-order valence-electron chi connectivity index (χ0n) is 16.6. The van der Waals surface area contributed by atoms with Gasteiger partial charge in [0.05, 0.1) is 22.9 Å². The van der Waals surface area contributed by atoms with Crippen molar-refractivity contribution in [1.29, 1.82) is 0 Å². The Balaban J connectivity index is 0.000000318. The van der Waals surface area contributed by atoms with Crippen LogP contribution < -0.4 is 0 Å². The molecule has 1 saturated carbocycles. The number of hydrogen-bond donors (Lipinski definition) is 1. The second kappa shape index (κ2) is 9.88. The maximum atomic E-state index is 10.6. The quantitative estimate of drug-likeness (QED) is 0.654. The van der Waals surface area contributed by atoms with Crippen molar-refractivity contribution in [3.8, 4) is 0 Å². The molecule has 2 aliphatic rings. The first kappa shape index (κ1) is 22.7. The van der Waals surface area contributed by atoms with Gasteiger partial charge in [-0.25, -0.2) is 9.78 Å². The van der Waals surface area contributed by atoms with Gasteiger partial charge in [-0.15, -0.1) is 11.3 Å². The number of fused-ring (bicyclic) bond motifs is 1. The van der Waals surface area contributed by atoms with Gasteiger partial charge in [0.15, 0.2) is 0 Å². The highest BCUT2D eigenvalue weighted by Crippen LogP contribution is 2.29. The van der Waals surface area contributed by atoms with Gasteiger partial charge >= 0.3 is 12.1 Å². The third-order valence-corrected chi connectivity index (χ3v) is 5.97. The molecular formula is C19H25F3N4O3S. The molecule has 30 heavy (non-hydrogen) atoms. The molecule has 4 rings (SSSR count). The average Bonchev–Trinajstić information content (AvgIpc) is 3.23. The van der Waals surface area contributed by atoms with Crippen molar-refractivity contribution >= 4 is 17.3 Å². The molecule has 0 radical (unpaired) electrons. The SMILES string of the molecule is Cc1ncsc1CN1Cc2ccnn2C(CCOCC2CC2)C1.O=C(O)C(F)(F)F. The standard InChI is InChI=1S/C17H24N4OS.C2HF3O2/c1-13-17(23-12-18-13)10-20-8-15-4-6-19-21(15)16(9-20)5-7-22-11-14-2-3-14;3-2(4,5)1(6)7/h4,6,12,14,16H,2-3,5,7-11H2,1H3;(H,6,7). The number of thiazole rings is 1. The fourth-order valence-corrected chi connectivity index (χ4v) is 4.05. The van der Waals surface area contributed by atoms with Crippen LogP contribution in [-0.4, -0.2) is 56.7 Å². The summed E-state index contributed by atoms with van der Waals surface area (Å²) in [4.78, 5) is 17.2. The van der Waals surface area contributed by atoms with E-state index in [9.17, 15) is 13.2 Å². The van der Waals surface area contributed by atoms with Gasteiger partial charge in [-0.1, -0.05) is 0 Å². The number of aliphatic carboxylic acids is 1. The van der Waals surface area contributed by atoms with Crippen LogP contribution in [0.4, 0.5) is 13.2 Å². The van der Waals surface area contributed by atoms with E-state index in [2.05, 4.69) is 32.7 Å². The second-order valence-corrected chi connectivity index (χ2v) is 8.50. The number of carboxylic acid groups (broad SMARTS) is 1. The average molecular weight is 446 g/mol. The molecule has 2 aromatic heterocycles. The summed E-state index contributed by atoms with van der Waals surface area (Å²) >= 11 is 1.76. The van der Waals surface area contributed by atoms with E-state index < -0.39 is 12.1 Å². The third-order valence-electron chi connectivity index (χ3n) is 5.05. The predicted molar refractivity (Wildman–Crippen MR) is 104 cm³/mol. The Morgan fingerprint density at radius 1 is 1.40 bits per heavy atom. The number of carboxylic acids is 1. The molecule has 1 aliphatic carbocycles. The van der Waals surface area contributed by atoms with E-state index in [4.69, 9.17) is 14.6 Å². The summed E-state index contributed by atoms with van der Waals surface area (Å²) < 4.78 is 39.8. The maximum Gasteiger partial charge on any atom is 0.490 e. The lowest BCUT2D eigenvalue weighted by atomic mass is 10.1. The lowest BCUT2D eigenvalue weighted by molar-refractivity contribution is -0.192. The van der Waals surface area contributed by atoms with Crippen molar-refractivity contribution in [2.24, 2.45) is 5.92 Å². The number of aromatic nitrogens is 3. The van der Waals surface area contributed by atoms with Crippen LogP contribution in [0.5, 0.6) is 0 Å². The van der Waals surface area contributed by atoms with E-state index >= 15 is 0 Å². The van der Waals surface area contributed by atoms with Crippen molar-refractivity contribution < 1.29 is 27.8 Å². The van der Waals surface area contributed by atoms with Gasteiger partial charge < -0.3 is 9.84 Å². The third kappa shape index (κ3) is 6.51. The van der Waals surface area contributed by atoms with E-state index in [-0.39, 0.29) is 0 Å². The molecule has 166 valence electrons. The van der Waals surface area contributed by atoms with E-state index in [0.717, 1.165) is 45.2 Å². The Morgan fingerprint density at radius 3 is 2.73 bits per heavy atom. The molecule has 0 amide bonds. The van der Waals surface area contributed by atoms with Crippen LogP contribution in [0.3, 0.4) is 0 Å².